The van der Waals surface area contributed by atoms with Gasteiger partial charge in [0.1, 0.15) is 0 Å². The number of aliphatic carboxylic acids is 1. The number of nitrogens with zero attached hydrogens (tertiary/aromatic N) is 2. The van der Waals surface area contributed by atoms with Gasteiger partial charge in [0.2, 0.25) is 5.95 Å². The molecule has 0 fully saturated rings. The number of hydrogen-bond donors (Lipinski definition) is 3. The summed E-state index contributed by atoms with van der Waals surface area (Å²) in [4.78, 5) is 24.8. The molecule has 1 heterocycles. The van der Waals surface area contributed by atoms with Gasteiger partial charge in [-0.1, -0.05) is 0 Å². The smallest absolute Gasteiger partial charge is 0.336 e. The number of carboxylic acid groups (broad SMARTS) is 1. The van der Waals surface area contributed by atoms with Crippen LogP contribution in [0.4, 0.5) is 5.95 Å². The Morgan fingerprint density at radius 2 is 2.27 bits per heavy atom. The molecule has 0 aliphatic carbocycles. The van der Waals surface area contributed by atoms with Crippen LogP contribution in [0.3, 0.4) is 0 Å². The molecule has 0 aliphatic heterocycles. The highest BCUT2D eigenvalue weighted by molar-refractivity contribution is 6.01. The number of anilines is 1. The number of carbonyl (C=O) groups excluding carboxylic acids is 1. The van der Waals surface area contributed by atoms with E-state index in [1.807, 2.05) is 0 Å². The molecule has 3 N–H and O–H groups in total. The molecule has 0 spiro atoms. The summed E-state index contributed by atoms with van der Waals surface area (Å²) in [5.41, 5.74) is 0. The predicted molar refractivity (Wildman–Crippen MR) is 48.3 cm³/mol. The van der Waals surface area contributed by atoms with E-state index in [-0.39, 0.29) is 12.0 Å². The third-order valence-corrected chi connectivity index (χ3v) is 1.27. The lowest BCUT2D eigenvalue weighted by Crippen LogP contribution is -2.09. The molecule has 0 bridgehead atoms. The fourth-order valence-corrected chi connectivity index (χ4v) is 0.699. The number of ether oxygens (including phenoxy) is 1. The van der Waals surface area contributed by atoms with Crippen LogP contribution in [0.1, 0.15) is 0 Å². The van der Waals surface area contributed by atoms with Crippen molar-refractivity contribution in [1.29, 1.82) is 0 Å². The minimum Gasteiger partial charge on any atom is -0.478 e. The number of aromatic amines is 1. The van der Waals surface area contributed by atoms with E-state index in [0.717, 1.165) is 6.08 Å². The van der Waals surface area contributed by atoms with E-state index in [1.54, 1.807) is 0 Å². The molecule has 0 atom stereocenters. The third-order valence-electron chi connectivity index (χ3n) is 1.27. The summed E-state index contributed by atoms with van der Waals surface area (Å²) in [6.07, 6.45) is 1.57. The van der Waals surface area contributed by atoms with Crippen LogP contribution in [0.5, 0.6) is 6.01 Å². The summed E-state index contributed by atoms with van der Waals surface area (Å²) < 4.78 is 4.66. The largest absolute Gasteiger partial charge is 0.478 e. The van der Waals surface area contributed by atoms with E-state index in [1.165, 1.54) is 7.11 Å². The number of aromatic nitrogens is 3. The average Bonchev–Trinajstić information content (AvgIpc) is 2.62. The molecule has 1 rings (SSSR count). The predicted octanol–water partition coefficient (Wildman–Crippen LogP) is -0.607. The number of H-pyrrole nitrogens is 1. The average molecular weight is 212 g/mol. The molecule has 8 nitrogen and oxygen atoms in total. The molecule has 0 saturated carbocycles. The first kappa shape index (κ1) is 10.7. The van der Waals surface area contributed by atoms with Gasteiger partial charge < -0.3 is 9.84 Å². The molecule has 80 valence electrons. The second kappa shape index (κ2) is 4.74. The number of nitrogens with one attached hydrogen (secondary N) is 2. The van der Waals surface area contributed by atoms with Gasteiger partial charge in [0.05, 0.1) is 7.11 Å². The fraction of sp³-hybridized carbons (Fsp3) is 0.143. The Hall–Kier alpha value is -2.38. The minimum absolute atomic E-state index is 0.0758. The number of hydrogen-bond acceptors (Lipinski definition) is 5. The standard InChI is InChI=1S/C7H8N4O4/c1-15-7-9-6(10-11-7)8-4(12)2-3-5(13)14/h2-3H,1H3,(H,13,14)(H2,8,9,10,11,12)/b3-2+. The molecule has 1 amide bonds. The van der Waals surface area contributed by atoms with E-state index in [9.17, 15) is 9.59 Å². The van der Waals surface area contributed by atoms with Crippen molar-refractivity contribution in [1.82, 2.24) is 15.2 Å². The summed E-state index contributed by atoms with van der Waals surface area (Å²) >= 11 is 0. The highest BCUT2D eigenvalue weighted by Gasteiger charge is 2.04. The van der Waals surface area contributed by atoms with Crippen LogP contribution in [0, 0.1) is 0 Å². The molecule has 0 unspecified atom stereocenters. The Bertz CT molecular complexity index is 397. The fourth-order valence-electron chi connectivity index (χ4n) is 0.699. The normalized spacial score (nSPS) is 10.2. The first-order valence-corrected chi connectivity index (χ1v) is 3.80. The molecule has 1 aromatic heterocycles. The Balaban J connectivity index is 2.54. The summed E-state index contributed by atoms with van der Waals surface area (Å²) in [6.45, 7) is 0. The minimum atomic E-state index is -1.21. The summed E-state index contributed by atoms with van der Waals surface area (Å²) in [5.74, 6) is -1.76. The summed E-state index contributed by atoms with van der Waals surface area (Å²) in [5, 5.41) is 16.4. The van der Waals surface area contributed by atoms with Crippen LogP contribution in [0.25, 0.3) is 0 Å². The van der Waals surface area contributed by atoms with Crippen molar-refractivity contribution in [2.24, 2.45) is 0 Å². The van der Waals surface area contributed by atoms with E-state index in [0.29, 0.717) is 6.08 Å². The van der Waals surface area contributed by atoms with Crippen molar-refractivity contribution in [2.75, 3.05) is 12.4 Å². The monoisotopic (exact) mass is 212 g/mol. The quantitative estimate of drug-likeness (QED) is 0.573. The SMILES string of the molecule is COc1n[nH]c(NC(=O)/C=C/C(=O)O)n1. The van der Waals surface area contributed by atoms with Crippen LogP contribution in [-0.2, 0) is 9.59 Å². The van der Waals surface area contributed by atoms with Crippen molar-refractivity contribution in [3.05, 3.63) is 12.2 Å². The van der Waals surface area contributed by atoms with E-state index < -0.39 is 11.9 Å². The summed E-state index contributed by atoms with van der Waals surface area (Å²) in [7, 11) is 1.37. The van der Waals surface area contributed by atoms with E-state index in [4.69, 9.17) is 5.11 Å². The van der Waals surface area contributed by atoms with Gasteiger partial charge in [0.25, 0.3) is 5.91 Å². The van der Waals surface area contributed by atoms with Crippen molar-refractivity contribution in [2.45, 2.75) is 0 Å². The van der Waals surface area contributed by atoms with E-state index >= 15 is 0 Å². The van der Waals surface area contributed by atoms with Crippen LogP contribution in [0.2, 0.25) is 0 Å². The molecule has 1 aromatic rings. The van der Waals surface area contributed by atoms with Crippen LogP contribution in [-0.4, -0.2) is 39.3 Å². The highest BCUT2D eigenvalue weighted by atomic mass is 16.5. The first-order chi connectivity index (χ1) is 7.11. The lowest BCUT2D eigenvalue weighted by atomic mass is 10.5. The van der Waals surface area contributed by atoms with Crippen LogP contribution >= 0.6 is 0 Å². The molecule has 0 saturated heterocycles. The number of amides is 1. The van der Waals surface area contributed by atoms with Gasteiger partial charge in [-0.05, 0) is 0 Å². The van der Waals surface area contributed by atoms with Crippen molar-refractivity contribution in [3.8, 4) is 6.01 Å². The lowest BCUT2D eigenvalue weighted by molar-refractivity contribution is -0.131. The molecule has 15 heavy (non-hydrogen) atoms. The van der Waals surface area contributed by atoms with E-state index in [2.05, 4.69) is 25.2 Å². The molecule has 0 radical (unpaired) electrons. The summed E-state index contributed by atoms with van der Waals surface area (Å²) in [6, 6.07) is 0.0764. The van der Waals surface area contributed by atoms with Crippen molar-refractivity contribution < 1.29 is 19.4 Å². The molecular weight excluding hydrogens is 204 g/mol. The Morgan fingerprint density at radius 1 is 1.53 bits per heavy atom. The second-order valence-corrected chi connectivity index (χ2v) is 2.33. The topological polar surface area (TPSA) is 117 Å². The zero-order valence-electron chi connectivity index (χ0n) is 7.72. The third kappa shape index (κ3) is 3.46. The zero-order valence-corrected chi connectivity index (χ0v) is 7.72. The molecular formula is C7H8N4O4. The highest BCUT2D eigenvalue weighted by Crippen LogP contribution is 2.03. The van der Waals surface area contributed by atoms with Crippen molar-refractivity contribution >= 4 is 17.8 Å². The molecule has 8 heteroatoms. The maximum Gasteiger partial charge on any atom is 0.336 e. The number of carbonyl (C=O) groups is 2. The molecule has 0 aliphatic rings. The Morgan fingerprint density at radius 3 is 2.80 bits per heavy atom. The second-order valence-electron chi connectivity index (χ2n) is 2.33. The van der Waals surface area contributed by atoms with Gasteiger partial charge in [0.15, 0.2) is 0 Å². The number of rotatable bonds is 4. The maximum atomic E-state index is 11.0. The Kier molecular flexibility index (Phi) is 3.38. The first-order valence-electron chi connectivity index (χ1n) is 3.80. The van der Waals surface area contributed by atoms with Gasteiger partial charge in [-0.15, -0.1) is 5.10 Å². The van der Waals surface area contributed by atoms with Crippen LogP contribution in [0.15, 0.2) is 12.2 Å². The van der Waals surface area contributed by atoms with Gasteiger partial charge in [0, 0.05) is 12.2 Å². The van der Waals surface area contributed by atoms with Gasteiger partial charge in [-0.3, -0.25) is 10.1 Å². The maximum absolute atomic E-state index is 11.0. The van der Waals surface area contributed by atoms with Gasteiger partial charge in [-0.2, -0.15) is 4.98 Å². The number of carboxylic acids is 1. The lowest BCUT2D eigenvalue weighted by Gasteiger charge is -1.93. The van der Waals surface area contributed by atoms with Crippen molar-refractivity contribution in [3.63, 3.8) is 0 Å². The number of methoxy groups -OCH3 is 1. The zero-order chi connectivity index (χ0) is 11.3. The molecule has 0 aromatic carbocycles. The Labute approximate surface area is 84.0 Å². The van der Waals surface area contributed by atoms with Gasteiger partial charge in [-0.25, -0.2) is 9.89 Å². The van der Waals surface area contributed by atoms with Crippen LogP contribution < -0.4 is 10.1 Å². The van der Waals surface area contributed by atoms with Gasteiger partial charge >= 0.3 is 12.0 Å².